The molecule has 1 saturated heterocycles. The van der Waals surface area contributed by atoms with E-state index >= 15 is 0 Å². The molecule has 0 bridgehead atoms. The second kappa shape index (κ2) is 6.21. The van der Waals surface area contributed by atoms with Gasteiger partial charge in [-0.1, -0.05) is 6.92 Å². The summed E-state index contributed by atoms with van der Waals surface area (Å²) in [4.78, 5) is 14.0. The third-order valence-electron chi connectivity index (χ3n) is 3.18. The molecule has 4 heteroatoms. The fraction of sp³-hybridized carbons (Fsp3) is 0.917. The maximum absolute atomic E-state index is 12.2. The molecule has 1 amide bonds. The molecule has 1 N–H and O–H groups in total. The summed E-state index contributed by atoms with van der Waals surface area (Å²) in [5.41, 5.74) is 0. The maximum atomic E-state index is 12.2. The molecule has 0 spiro atoms. The third-order valence-corrected chi connectivity index (χ3v) is 3.18. The predicted octanol–water partition coefficient (Wildman–Crippen LogP) is 0.868. The van der Waals surface area contributed by atoms with Crippen molar-refractivity contribution >= 4 is 5.91 Å². The second-order valence-corrected chi connectivity index (χ2v) is 4.75. The van der Waals surface area contributed by atoms with Crippen molar-refractivity contribution in [3.63, 3.8) is 0 Å². The van der Waals surface area contributed by atoms with E-state index in [9.17, 15) is 4.79 Å². The van der Waals surface area contributed by atoms with Crippen LogP contribution in [-0.2, 0) is 9.53 Å². The van der Waals surface area contributed by atoms with Crippen molar-refractivity contribution in [2.75, 3.05) is 26.8 Å². The Morgan fingerprint density at radius 1 is 1.50 bits per heavy atom. The summed E-state index contributed by atoms with van der Waals surface area (Å²) in [7, 11) is 1.86. The fourth-order valence-corrected chi connectivity index (χ4v) is 1.84. The van der Waals surface area contributed by atoms with Crippen LogP contribution < -0.4 is 5.32 Å². The highest BCUT2D eigenvalue weighted by Gasteiger charge is 2.35. The van der Waals surface area contributed by atoms with E-state index in [1.54, 1.807) is 4.90 Å². The SMILES string of the molecule is CCCNC1COCC1C(=O)N(C)C(C)C. The van der Waals surface area contributed by atoms with Crippen molar-refractivity contribution < 1.29 is 9.53 Å². The minimum Gasteiger partial charge on any atom is -0.379 e. The first-order chi connectivity index (χ1) is 7.57. The number of carbonyl (C=O) groups excluding carboxylic acids is 1. The average Bonchev–Trinajstić information content (AvgIpc) is 2.72. The highest BCUT2D eigenvalue weighted by atomic mass is 16.5. The van der Waals surface area contributed by atoms with E-state index in [1.807, 2.05) is 20.9 Å². The Bertz CT molecular complexity index is 231. The molecule has 0 aromatic heterocycles. The van der Waals surface area contributed by atoms with Gasteiger partial charge in [-0.25, -0.2) is 0 Å². The van der Waals surface area contributed by atoms with Gasteiger partial charge in [0.2, 0.25) is 5.91 Å². The zero-order valence-corrected chi connectivity index (χ0v) is 10.8. The zero-order chi connectivity index (χ0) is 12.1. The van der Waals surface area contributed by atoms with Crippen LogP contribution >= 0.6 is 0 Å². The van der Waals surface area contributed by atoms with Crippen molar-refractivity contribution in [3.05, 3.63) is 0 Å². The Morgan fingerprint density at radius 3 is 2.75 bits per heavy atom. The topological polar surface area (TPSA) is 41.6 Å². The quantitative estimate of drug-likeness (QED) is 0.759. The van der Waals surface area contributed by atoms with Gasteiger partial charge in [0, 0.05) is 19.1 Å². The molecule has 4 nitrogen and oxygen atoms in total. The highest BCUT2D eigenvalue weighted by molar-refractivity contribution is 5.80. The number of carbonyl (C=O) groups is 1. The lowest BCUT2D eigenvalue weighted by atomic mass is 10.0. The van der Waals surface area contributed by atoms with Gasteiger partial charge in [-0.05, 0) is 26.8 Å². The number of nitrogens with zero attached hydrogens (tertiary/aromatic N) is 1. The summed E-state index contributed by atoms with van der Waals surface area (Å²) in [5.74, 6) is 0.181. The molecule has 1 rings (SSSR count). The molecule has 0 aromatic rings. The fourth-order valence-electron chi connectivity index (χ4n) is 1.84. The first-order valence-corrected chi connectivity index (χ1v) is 6.15. The molecule has 1 aliphatic rings. The summed E-state index contributed by atoms with van der Waals surface area (Å²) in [6.45, 7) is 8.34. The Hall–Kier alpha value is -0.610. The lowest BCUT2D eigenvalue weighted by Crippen LogP contribution is -2.46. The predicted molar refractivity (Wildman–Crippen MR) is 64.3 cm³/mol. The first kappa shape index (κ1) is 13.5. The molecule has 94 valence electrons. The second-order valence-electron chi connectivity index (χ2n) is 4.75. The maximum Gasteiger partial charge on any atom is 0.229 e. The van der Waals surface area contributed by atoms with E-state index in [1.165, 1.54) is 0 Å². The molecule has 1 heterocycles. The number of hydrogen-bond acceptors (Lipinski definition) is 3. The Labute approximate surface area is 98.3 Å². The van der Waals surface area contributed by atoms with Gasteiger partial charge in [-0.2, -0.15) is 0 Å². The standard InChI is InChI=1S/C12H24N2O2/c1-5-6-13-11-8-16-7-10(11)12(15)14(4)9(2)3/h9-11,13H,5-8H2,1-4H3. The van der Waals surface area contributed by atoms with Crippen LogP contribution in [0.3, 0.4) is 0 Å². The van der Waals surface area contributed by atoms with Gasteiger partial charge < -0.3 is 15.0 Å². The van der Waals surface area contributed by atoms with Gasteiger partial charge in [0.25, 0.3) is 0 Å². The molecule has 0 aromatic carbocycles. The molecule has 1 aliphatic heterocycles. The van der Waals surface area contributed by atoms with E-state index in [2.05, 4.69) is 12.2 Å². The van der Waals surface area contributed by atoms with Crippen molar-refractivity contribution in [3.8, 4) is 0 Å². The largest absolute Gasteiger partial charge is 0.379 e. The van der Waals surface area contributed by atoms with Gasteiger partial charge >= 0.3 is 0 Å². The van der Waals surface area contributed by atoms with Gasteiger partial charge in [0.15, 0.2) is 0 Å². The van der Waals surface area contributed by atoms with E-state index in [0.717, 1.165) is 13.0 Å². The Morgan fingerprint density at radius 2 is 2.19 bits per heavy atom. The number of ether oxygens (including phenoxy) is 1. The number of nitrogens with one attached hydrogen (secondary N) is 1. The molecule has 16 heavy (non-hydrogen) atoms. The monoisotopic (exact) mass is 228 g/mol. The highest BCUT2D eigenvalue weighted by Crippen LogP contribution is 2.17. The van der Waals surface area contributed by atoms with Gasteiger partial charge in [-0.15, -0.1) is 0 Å². The van der Waals surface area contributed by atoms with Crippen LogP contribution in [0.1, 0.15) is 27.2 Å². The average molecular weight is 228 g/mol. The molecular weight excluding hydrogens is 204 g/mol. The van der Waals surface area contributed by atoms with E-state index in [4.69, 9.17) is 4.74 Å². The number of amides is 1. The molecular formula is C12H24N2O2. The van der Waals surface area contributed by atoms with Crippen LogP contribution in [0.5, 0.6) is 0 Å². The summed E-state index contributed by atoms with van der Waals surface area (Å²) in [5, 5.41) is 3.38. The molecule has 0 saturated carbocycles. The van der Waals surface area contributed by atoms with Crippen LogP contribution in [0.4, 0.5) is 0 Å². The van der Waals surface area contributed by atoms with Crippen LogP contribution in [0, 0.1) is 5.92 Å². The van der Waals surface area contributed by atoms with Crippen LogP contribution in [0.15, 0.2) is 0 Å². The smallest absolute Gasteiger partial charge is 0.229 e. The normalized spacial score (nSPS) is 25.1. The summed E-state index contributed by atoms with van der Waals surface area (Å²) >= 11 is 0. The van der Waals surface area contributed by atoms with Crippen molar-refractivity contribution in [2.45, 2.75) is 39.3 Å². The molecule has 0 aliphatic carbocycles. The van der Waals surface area contributed by atoms with Crippen molar-refractivity contribution in [1.29, 1.82) is 0 Å². The van der Waals surface area contributed by atoms with Crippen LogP contribution in [0.2, 0.25) is 0 Å². The van der Waals surface area contributed by atoms with Gasteiger partial charge in [-0.3, -0.25) is 4.79 Å². The molecule has 0 radical (unpaired) electrons. The molecule has 2 atom stereocenters. The number of rotatable bonds is 5. The number of hydrogen-bond donors (Lipinski definition) is 1. The van der Waals surface area contributed by atoms with Crippen LogP contribution in [-0.4, -0.2) is 49.7 Å². The minimum absolute atomic E-state index is 0.0149. The molecule has 2 unspecified atom stereocenters. The van der Waals surface area contributed by atoms with E-state index in [-0.39, 0.29) is 23.9 Å². The van der Waals surface area contributed by atoms with E-state index < -0.39 is 0 Å². The molecule has 1 fully saturated rings. The lowest BCUT2D eigenvalue weighted by molar-refractivity contribution is -0.136. The summed E-state index contributed by atoms with van der Waals surface area (Å²) < 4.78 is 5.41. The van der Waals surface area contributed by atoms with Gasteiger partial charge in [0.05, 0.1) is 19.1 Å². The Balaban J connectivity index is 2.53. The van der Waals surface area contributed by atoms with Gasteiger partial charge in [0.1, 0.15) is 0 Å². The third kappa shape index (κ3) is 3.19. The van der Waals surface area contributed by atoms with Crippen molar-refractivity contribution in [2.24, 2.45) is 5.92 Å². The summed E-state index contributed by atoms with van der Waals surface area (Å²) in [6, 6.07) is 0.438. The zero-order valence-electron chi connectivity index (χ0n) is 10.8. The first-order valence-electron chi connectivity index (χ1n) is 6.15. The van der Waals surface area contributed by atoms with Crippen molar-refractivity contribution in [1.82, 2.24) is 10.2 Å². The summed E-state index contributed by atoms with van der Waals surface area (Å²) in [6.07, 6.45) is 1.08. The lowest BCUT2D eigenvalue weighted by Gasteiger charge is -2.27. The van der Waals surface area contributed by atoms with E-state index in [0.29, 0.717) is 13.2 Å². The van der Waals surface area contributed by atoms with Crippen LogP contribution in [0.25, 0.3) is 0 Å². The Kier molecular flexibility index (Phi) is 5.22. The minimum atomic E-state index is -0.0149.